The topological polar surface area (TPSA) is 53.4 Å². The number of likely N-dealkylation sites (tertiary alicyclic amines) is 2. The summed E-state index contributed by atoms with van der Waals surface area (Å²) in [6, 6.07) is -0.473. The maximum Gasteiger partial charge on any atom is 0.437 e. The smallest absolute Gasteiger partial charge is 0.319 e. The number of hydrogen-bond donors (Lipinski definition) is 1. The van der Waals surface area contributed by atoms with Crippen LogP contribution in [0.5, 0.6) is 0 Å². The molecule has 0 radical (unpaired) electrons. The zero-order valence-electron chi connectivity index (χ0n) is 13.2. The number of amides is 2. The lowest BCUT2D eigenvalue weighted by atomic mass is 9.77. The standard InChI is InChI=1S/C14H20F3N5O/c1-20-6-3-13(4-7-20)5-8-22(13)12(23)18-10-9-21(2)19-11(10)14(15,16)17/h9H,3-8H2,1-2H3,(H,18,23). The molecule has 1 aromatic heterocycles. The number of rotatable bonds is 1. The molecule has 2 aliphatic rings. The molecule has 2 saturated heterocycles. The number of alkyl halides is 3. The van der Waals surface area contributed by atoms with Crippen LogP contribution in [-0.4, -0.2) is 57.8 Å². The molecule has 0 aliphatic carbocycles. The maximum atomic E-state index is 13.0. The first-order chi connectivity index (χ1) is 10.7. The van der Waals surface area contributed by atoms with Crippen LogP contribution in [0.1, 0.15) is 25.0 Å². The van der Waals surface area contributed by atoms with Gasteiger partial charge in [-0.15, -0.1) is 0 Å². The molecule has 128 valence electrons. The van der Waals surface area contributed by atoms with Gasteiger partial charge in [0.05, 0.1) is 5.69 Å². The van der Waals surface area contributed by atoms with Gasteiger partial charge in [0.25, 0.3) is 0 Å². The van der Waals surface area contributed by atoms with Crippen molar-refractivity contribution < 1.29 is 18.0 Å². The van der Waals surface area contributed by atoms with E-state index < -0.39 is 17.9 Å². The highest BCUT2D eigenvalue weighted by Gasteiger charge is 2.49. The highest BCUT2D eigenvalue weighted by molar-refractivity contribution is 5.91. The average molecular weight is 331 g/mol. The molecule has 0 aromatic carbocycles. The molecule has 6 nitrogen and oxygen atoms in total. The molecule has 2 fully saturated rings. The summed E-state index contributed by atoms with van der Waals surface area (Å²) in [5.41, 5.74) is -1.55. The van der Waals surface area contributed by atoms with E-state index in [0.717, 1.165) is 37.0 Å². The van der Waals surface area contributed by atoms with Gasteiger partial charge in [0.1, 0.15) is 0 Å². The van der Waals surface area contributed by atoms with Crippen molar-refractivity contribution in [3.8, 4) is 0 Å². The first-order valence-electron chi connectivity index (χ1n) is 7.59. The van der Waals surface area contributed by atoms with E-state index >= 15 is 0 Å². The number of aryl methyl sites for hydroxylation is 1. The molecule has 3 heterocycles. The van der Waals surface area contributed by atoms with Crippen LogP contribution in [0.15, 0.2) is 6.20 Å². The molecule has 23 heavy (non-hydrogen) atoms. The summed E-state index contributed by atoms with van der Waals surface area (Å²) in [6.07, 6.45) is -0.786. The zero-order valence-corrected chi connectivity index (χ0v) is 13.2. The van der Waals surface area contributed by atoms with Crippen molar-refractivity contribution in [2.75, 3.05) is 32.0 Å². The van der Waals surface area contributed by atoms with E-state index in [1.165, 1.54) is 13.2 Å². The van der Waals surface area contributed by atoms with Crippen molar-refractivity contribution in [1.29, 1.82) is 0 Å². The Balaban J connectivity index is 1.73. The largest absolute Gasteiger partial charge is 0.437 e. The Morgan fingerprint density at radius 3 is 2.35 bits per heavy atom. The van der Waals surface area contributed by atoms with Crippen molar-refractivity contribution in [2.24, 2.45) is 7.05 Å². The highest BCUT2D eigenvalue weighted by Crippen LogP contribution is 2.40. The third-order valence-corrected chi connectivity index (χ3v) is 4.88. The third-order valence-electron chi connectivity index (χ3n) is 4.88. The van der Waals surface area contributed by atoms with Crippen molar-refractivity contribution in [1.82, 2.24) is 19.6 Å². The lowest BCUT2D eigenvalue weighted by Gasteiger charge is -2.55. The van der Waals surface area contributed by atoms with E-state index in [1.807, 2.05) is 7.05 Å². The minimum atomic E-state index is -4.59. The van der Waals surface area contributed by atoms with E-state index in [4.69, 9.17) is 0 Å². The molecule has 2 aliphatic heterocycles. The second-order valence-corrected chi connectivity index (χ2v) is 6.42. The number of piperidine rings is 1. The van der Waals surface area contributed by atoms with E-state index in [2.05, 4.69) is 15.3 Å². The predicted octanol–water partition coefficient (Wildman–Crippen LogP) is 2.14. The summed E-state index contributed by atoms with van der Waals surface area (Å²) in [4.78, 5) is 16.3. The Labute approximate surface area is 132 Å². The number of anilines is 1. The minimum Gasteiger partial charge on any atom is -0.319 e. The van der Waals surface area contributed by atoms with Crippen LogP contribution in [0.2, 0.25) is 0 Å². The number of carbonyl (C=O) groups is 1. The van der Waals surface area contributed by atoms with Gasteiger partial charge >= 0.3 is 12.2 Å². The van der Waals surface area contributed by atoms with Crippen molar-refractivity contribution >= 4 is 11.7 Å². The van der Waals surface area contributed by atoms with E-state index in [0.29, 0.717) is 6.54 Å². The van der Waals surface area contributed by atoms with Gasteiger partial charge in [-0.3, -0.25) is 4.68 Å². The number of nitrogens with zero attached hydrogens (tertiary/aromatic N) is 4. The van der Waals surface area contributed by atoms with Crippen LogP contribution in [0.4, 0.5) is 23.7 Å². The number of hydrogen-bond acceptors (Lipinski definition) is 3. The summed E-state index contributed by atoms with van der Waals surface area (Å²) in [7, 11) is 3.42. The fraction of sp³-hybridized carbons (Fsp3) is 0.714. The second-order valence-electron chi connectivity index (χ2n) is 6.42. The van der Waals surface area contributed by atoms with Gasteiger partial charge in [0.2, 0.25) is 0 Å². The molecule has 9 heteroatoms. The summed E-state index contributed by atoms with van der Waals surface area (Å²) >= 11 is 0. The number of aromatic nitrogens is 2. The summed E-state index contributed by atoms with van der Waals surface area (Å²) < 4.78 is 39.9. The maximum absolute atomic E-state index is 13.0. The van der Waals surface area contributed by atoms with Crippen LogP contribution in [0, 0.1) is 0 Å². The Morgan fingerprint density at radius 2 is 1.83 bits per heavy atom. The normalized spacial score (nSPS) is 21.3. The summed E-state index contributed by atoms with van der Waals surface area (Å²) in [5.74, 6) is 0. The van der Waals surface area contributed by atoms with Gasteiger partial charge in [-0.25, -0.2) is 4.79 Å². The Kier molecular flexibility index (Phi) is 3.78. The fourth-order valence-corrected chi connectivity index (χ4v) is 3.38. The van der Waals surface area contributed by atoms with Crippen LogP contribution in [-0.2, 0) is 13.2 Å². The molecule has 2 amide bonds. The molecular weight excluding hydrogens is 311 g/mol. The molecule has 1 N–H and O–H groups in total. The van der Waals surface area contributed by atoms with Gasteiger partial charge in [-0.1, -0.05) is 0 Å². The highest BCUT2D eigenvalue weighted by atomic mass is 19.4. The van der Waals surface area contributed by atoms with Gasteiger partial charge in [-0.05, 0) is 26.3 Å². The third kappa shape index (κ3) is 2.89. The van der Waals surface area contributed by atoms with Crippen LogP contribution in [0.3, 0.4) is 0 Å². The molecule has 1 spiro atoms. The molecular formula is C14H20F3N5O. The molecule has 0 bridgehead atoms. The quantitative estimate of drug-likeness (QED) is 0.858. The Morgan fingerprint density at radius 1 is 1.22 bits per heavy atom. The number of nitrogens with one attached hydrogen (secondary N) is 1. The molecule has 0 unspecified atom stereocenters. The molecule has 0 atom stereocenters. The first kappa shape index (κ1) is 16.1. The number of halogens is 3. The average Bonchev–Trinajstić information content (AvgIpc) is 2.79. The van der Waals surface area contributed by atoms with E-state index in [1.54, 1.807) is 4.90 Å². The van der Waals surface area contributed by atoms with Gasteiger partial charge < -0.3 is 15.1 Å². The predicted molar refractivity (Wildman–Crippen MR) is 78.0 cm³/mol. The molecule has 0 saturated carbocycles. The minimum absolute atomic E-state index is 0.197. The van der Waals surface area contributed by atoms with Gasteiger partial charge in [0.15, 0.2) is 5.69 Å². The lowest BCUT2D eigenvalue weighted by Crippen LogP contribution is -2.66. The fourth-order valence-electron chi connectivity index (χ4n) is 3.38. The van der Waals surface area contributed by atoms with Crippen molar-refractivity contribution in [3.63, 3.8) is 0 Å². The summed E-state index contributed by atoms with van der Waals surface area (Å²) in [6.45, 7) is 2.37. The first-order valence-corrected chi connectivity index (χ1v) is 7.59. The Bertz CT molecular complexity index is 604. The number of carbonyl (C=O) groups excluding carboxylic acids is 1. The van der Waals surface area contributed by atoms with Crippen molar-refractivity contribution in [2.45, 2.75) is 31.0 Å². The Hall–Kier alpha value is -1.77. The molecule has 3 rings (SSSR count). The van der Waals surface area contributed by atoms with E-state index in [-0.39, 0.29) is 11.2 Å². The second kappa shape index (κ2) is 5.40. The van der Waals surface area contributed by atoms with Gasteiger partial charge in [0, 0.05) is 38.4 Å². The number of urea groups is 1. The van der Waals surface area contributed by atoms with Crippen molar-refractivity contribution in [3.05, 3.63) is 11.9 Å². The molecule has 1 aromatic rings. The van der Waals surface area contributed by atoms with E-state index in [9.17, 15) is 18.0 Å². The van der Waals surface area contributed by atoms with Gasteiger partial charge in [-0.2, -0.15) is 18.3 Å². The monoisotopic (exact) mass is 331 g/mol. The van der Waals surface area contributed by atoms with Crippen LogP contribution < -0.4 is 5.32 Å². The van der Waals surface area contributed by atoms with Crippen LogP contribution in [0.25, 0.3) is 0 Å². The van der Waals surface area contributed by atoms with Crippen LogP contribution >= 0.6 is 0 Å². The summed E-state index contributed by atoms with van der Waals surface area (Å²) in [5, 5.41) is 5.80. The SMILES string of the molecule is CN1CCC2(CC1)CCN2C(=O)Nc1cn(C)nc1C(F)(F)F. The zero-order chi connectivity index (χ0) is 16.8. The lowest BCUT2D eigenvalue weighted by molar-refractivity contribution is -0.140.